The van der Waals surface area contributed by atoms with Gasteiger partial charge in [-0.05, 0) is 83.4 Å². The van der Waals surface area contributed by atoms with E-state index in [4.69, 9.17) is 28.9 Å². The number of hydrogen-bond donors (Lipinski definition) is 4. The van der Waals surface area contributed by atoms with Crippen LogP contribution in [0.5, 0.6) is 0 Å². The van der Waals surface area contributed by atoms with Crippen molar-refractivity contribution in [2.75, 3.05) is 53.7 Å². The van der Waals surface area contributed by atoms with Gasteiger partial charge in [0, 0.05) is 39.5 Å². The number of carbonyl (C=O) groups excluding carboxylic acids is 4. The van der Waals surface area contributed by atoms with Gasteiger partial charge in [-0.3, -0.25) is 9.59 Å². The van der Waals surface area contributed by atoms with Gasteiger partial charge in [-0.15, -0.1) is 0 Å². The molecule has 8 rings (SSSR count). The Kier molecular flexibility index (Phi) is 13.2. The summed E-state index contributed by atoms with van der Waals surface area (Å²) in [6.45, 7) is 11.9. The number of aromatic nitrogens is 4. The minimum Gasteiger partial charge on any atom is -0.453 e. The van der Waals surface area contributed by atoms with Gasteiger partial charge < -0.3 is 49.3 Å². The van der Waals surface area contributed by atoms with Crippen LogP contribution < -0.4 is 10.6 Å². The molecule has 0 aliphatic carbocycles. The van der Waals surface area contributed by atoms with Crippen LogP contribution in [0.15, 0.2) is 60.9 Å². The Morgan fingerprint density at radius 2 is 0.953 bits per heavy atom. The molecule has 6 heterocycles. The predicted molar refractivity (Wildman–Crippen MR) is 238 cm³/mol. The summed E-state index contributed by atoms with van der Waals surface area (Å²) >= 11 is 0. The average molecular weight is 879 g/mol. The van der Waals surface area contributed by atoms with E-state index >= 15 is 0 Å². The molecule has 16 nitrogen and oxygen atoms in total. The lowest BCUT2D eigenvalue weighted by molar-refractivity contribution is -0.137. The summed E-state index contributed by atoms with van der Waals surface area (Å²) in [7, 11) is 2.62. The van der Waals surface area contributed by atoms with Crippen molar-refractivity contribution in [1.82, 2.24) is 40.4 Å². The smallest absolute Gasteiger partial charge is 0.407 e. The standard InChI is InChI=1S/C48H62N8O8/c1-47(2)23-37(55(27-47)43(57)39(53-45(59)61-5)33-15-19-63-20-16-33)41-49-25-35(51-41)31-11-7-29(8-12-31)30-9-13-32(14-10-30)36-26-50-42(52-36)38-24-48(3,4)28-56(38)44(58)40(54-46(60)62-6)34-17-21-64-22-18-34/h7-14,25-26,33-34,37-40H,15-24,27-28H2,1-6H3,(H,49,51)(H,50,52)(H,53,59)(H,54,60)/t37-,38-,39-,40-/m0/s1. The Labute approximate surface area is 374 Å². The molecule has 4 atom stereocenters. The van der Waals surface area contributed by atoms with Gasteiger partial charge in [-0.2, -0.15) is 0 Å². The maximum Gasteiger partial charge on any atom is 0.407 e. The zero-order valence-electron chi connectivity index (χ0n) is 37.8. The van der Waals surface area contributed by atoms with Crippen LogP contribution in [0, 0.1) is 22.7 Å². The highest BCUT2D eigenvalue weighted by atomic mass is 16.5. The highest BCUT2D eigenvalue weighted by molar-refractivity contribution is 5.87. The second kappa shape index (κ2) is 18.8. The quantitative estimate of drug-likeness (QED) is 0.122. The van der Waals surface area contributed by atoms with E-state index < -0.39 is 24.3 Å². The first-order valence-corrected chi connectivity index (χ1v) is 22.5. The minimum atomic E-state index is -0.715. The largest absolute Gasteiger partial charge is 0.453 e. The monoisotopic (exact) mass is 878 g/mol. The molecule has 4 saturated heterocycles. The maximum atomic E-state index is 14.3. The first kappa shape index (κ1) is 44.9. The number of imidazole rings is 2. The average Bonchev–Trinajstić information content (AvgIpc) is 4.13. The normalized spacial score (nSPS) is 22.2. The van der Waals surface area contributed by atoms with Crippen LogP contribution in [-0.4, -0.2) is 120 Å². The molecule has 16 heteroatoms. The molecule has 4 N–H and O–H groups in total. The molecule has 0 bridgehead atoms. The number of ether oxygens (including phenoxy) is 4. The molecule has 64 heavy (non-hydrogen) atoms. The molecule has 4 aromatic rings. The number of amides is 4. The van der Waals surface area contributed by atoms with Gasteiger partial charge in [0.2, 0.25) is 11.8 Å². The Bertz CT molecular complexity index is 2120. The number of rotatable bonds is 11. The lowest BCUT2D eigenvalue weighted by Gasteiger charge is -2.34. The second-order valence-electron chi connectivity index (χ2n) is 19.3. The van der Waals surface area contributed by atoms with Crippen LogP contribution in [0.4, 0.5) is 9.59 Å². The summed E-state index contributed by atoms with van der Waals surface area (Å²) in [5, 5.41) is 5.68. The molecule has 4 fully saturated rings. The van der Waals surface area contributed by atoms with Gasteiger partial charge in [-0.25, -0.2) is 19.6 Å². The third-order valence-electron chi connectivity index (χ3n) is 13.5. The van der Waals surface area contributed by atoms with Gasteiger partial charge in [0.15, 0.2) is 0 Å². The predicted octanol–water partition coefficient (Wildman–Crippen LogP) is 7.04. The highest BCUT2D eigenvalue weighted by Gasteiger charge is 2.47. The molecule has 2 aromatic heterocycles. The van der Waals surface area contributed by atoms with Crippen LogP contribution >= 0.6 is 0 Å². The fourth-order valence-electron chi connectivity index (χ4n) is 10.1. The zero-order valence-corrected chi connectivity index (χ0v) is 37.8. The zero-order chi connectivity index (χ0) is 45.2. The van der Waals surface area contributed by atoms with Gasteiger partial charge in [0.05, 0.1) is 50.1 Å². The van der Waals surface area contributed by atoms with Gasteiger partial charge in [0.25, 0.3) is 0 Å². The van der Waals surface area contributed by atoms with E-state index in [0.29, 0.717) is 76.8 Å². The number of alkyl carbamates (subject to hydrolysis) is 2. The van der Waals surface area contributed by atoms with Crippen molar-refractivity contribution >= 4 is 24.0 Å². The van der Waals surface area contributed by atoms with Crippen molar-refractivity contribution in [1.29, 1.82) is 0 Å². The Morgan fingerprint density at radius 1 is 0.609 bits per heavy atom. The van der Waals surface area contributed by atoms with Crippen LogP contribution in [0.25, 0.3) is 33.6 Å². The molecule has 342 valence electrons. The third-order valence-corrected chi connectivity index (χ3v) is 13.5. The fourth-order valence-corrected chi connectivity index (χ4v) is 10.1. The number of methoxy groups -OCH3 is 2. The molecule has 0 unspecified atom stereocenters. The molecule has 0 radical (unpaired) electrons. The molecule has 4 aliphatic rings. The summed E-state index contributed by atoms with van der Waals surface area (Å²) in [5.41, 5.74) is 5.44. The van der Waals surface area contributed by atoms with Crippen LogP contribution in [0.1, 0.15) is 90.0 Å². The lowest BCUT2D eigenvalue weighted by Crippen LogP contribution is -2.53. The molecule has 0 saturated carbocycles. The molecular formula is C48H62N8O8. The van der Waals surface area contributed by atoms with Gasteiger partial charge in [-0.1, -0.05) is 76.2 Å². The Balaban J connectivity index is 0.947. The van der Waals surface area contributed by atoms with E-state index in [2.05, 4.69) is 96.8 Å². The van der Waals surface area contributed by atoms with Crippen LogP contribution in [-0.2, 0) is 28.5 Å². The number of aromatic amines is 2. The van der Waals surface area contributed by atoms with Crippen molar-refractivity contribution in [3.63, 3.8) is 0 Å². The second-order valence-corrected chi connectivity index (χ2v) is 19.3. The van der Waals surface area contributed by atoms with Crippen LogP contribution in [0.3, 0.4) is 0 Å². The van der Waals surface area contributed by atoms with Crippen molar-refractivity contribution < 1.29 is 38.1 Å². The number of benzene rings is 2. The number of nitrogens with zero attached hydrogens (tertiary/aromatic N) is 4. The number of hydrogen-bond acceptors (Lipinski definition) is 10. The number of likely N-dealkylation sites (tertiary alicyclic amines) is 2. The van der Waals surface area contributed by atoms with Crippen molar-refractivity contribution in [3.8, 4) is 33.6 Å². The summed E-state index contributed by atoms with van der Waals surface area (Å²) in [6, 6.07) is 14.6. The summed E-state index contributed by atoms with van der Waals surface area (Å²) < 4.78 is 20.9. The Hall–Kier alpha value is -5.74. The van der Waals surface area contributed by atoms with Crippen LogP contribution in [0.2, 0.25) is 0 Å². The SMILES string of the molecule is COC(=O)N[C@H](C(=O)N1CC(C)(C)C[C@H]1c1ncc(-c2ccc(-c3ccc(-c4cnc([C@@H]5CC(C)(C)CN5C(=O)[C@@H](NC(=O)OC)C5CCOCC5)[nH]4)cc3)cc2)[nH]1)C1CCOCC1. The van der Waals surface area contributed by atoms with E-state index in [1.807, 2.05) is 22.2 Å². The lowest BCUT2D eigenvalue weighted by atomic mass is 9.90. The molecule has 4 amide bonds. The Morgan fingerprint density at radius 3 is 1.30 bits per heavy atom. The van der Waals surface area contributed by atoms with E-state index in [0.717, 1.165) is 46.5 Å². The topological polar surface area (TPSA) is 193 Å². The van der Waals surface area contributed by atoms with Crippen molar-refractivity contribution in [2.45, 2.75) is 90.4 Å². The van der Waals surface area contributed by atoms with E-state index in [9.17, 15) is 19.2 Å². The van der Waals surface area contributed by atoms with Gasteiger partial charge in [0.1, 0.15) is 23.7 Å². The number of nitrogens with one attached hydrogen (secondary N) is 4. The molecule has 0 spiro atoms. The van der Waals surface area contributed by atoms with Crippen molar-refractivity contribution in [3.05, 3.63) is 72.6 Å². The minimum absolute atomic E-state index is 0.0507. The third kappa shape index (κ3) is 9.82. The van der Waals surface area contributed by atoms with E-state index in [1.54, 1.807) is 0 Å². The maximum absolute atomic E-state index is 14.3. The first-order chi connectivity index (χ1) is 30.7. The summed E-state index contributed by atoms with van der Waals surface area (Å²) in [4.78, 5) is 73.7. The highest BCUT2D eigenvalue weighted by Crippen LogP contribution is 2.45. The van der Waals surface area contributed by atoms with E-state index in [-0.39, 0.29) is 46.6 Å². The number of H-pyrrole nitrogens is 2. The fraction of sp³-hybridized carbons (Fsp3) is 0.542. The number of carbonyl (C=O) groups is 4. The van der Waals surface area contributed by atoms with Gasteiger partial charge >= 0.3 is 12.2 Å². The first-order valence-electron chi connectivity index (χ1n) is 22.5. The molecular weight excluding hydrogens is 817 g/mol. The van der Waals surface area contributed by atoms with E-state index in [1.165, 1.54) is 14.2 Å². The summed E-state index contributed by atoms with van der Waals surface area (Å²) in [5.74, 6) is 1.07. The summed E-state index contributed by atoms with van der Waals surface area (Å²) in [6.07, 6.45) is 6.57. The molecule has 2 aromatic carbocycles. The van der Waals surface area contributed by atoms with Crippen molar-refractivity contribution in [2.24, 2.45) is 22.7 Å². The molecule has 4 aliphatic heterocycles.